The molecule has 168 valence electrons. The van der Waals surface area contributed by atoms with Gasteiger partial charge in [-0.2, -0.15) is 5.10 Å². The van der Waals surface area contributed by atoms with E-state index in [4.69, 9.17) is 14.2 Å². The molecule has 2 amide bonds. The van der Waals surface area contributed by atoms with Crippen molar-refractivity contribution in [3.05, 3.63) is 54.4 Å². The minimum Gasteiger partial charge on any atom is -0.493 e. The number of carbonyl (C=O) groups excluding carboxylic acids is 1. The summed E-state index contributed by atoms with van der Waals surface area (Å²) in [5, 5.41) is 15.4. The number of aromatic nitrogens is 4. The van der Waals surface area contributed by atoms with Gasteiger partial charge in [-0.05, 0) is 29.8 Å². The maximum atomic E-state index is 12.6. The number of methoxy groups -OCH3 is 2. The quantitative estimate of drug-likeness (QED) is 0.604. The number of piperidine rings is 1. The molecule has 1 aliphatic rings. The first kappa shape index (κ1) is 21.4. The van der Waals surface area contributed by atoms with Crippen LogP contribution in [0, 0.1) is 0 Å². The second-order valence-corrected chi connectivity index (χ2v) is 7.33. The van der Waals surface area contributed by atoms with Crippen molar-refractivity contribution in [3.63, 3.8) is 0 Å². The molecular weight excluding hydrogens is 412 g/mol. The lowest BCUT2D eigenvalue weighted by atomic mass is 10.1. The van der Waals surface area contributed by atoms with E-state index in [1.54, 1.807) is 42.3 Å². The Labute approximate surface area is 186 Å². The Morgan fingerprint density at radius 3 is 2.56 bits per heavy atom. The van der Waals surface area contributed by atoms with Crippen LogP contribution in [0.5, 0.6) is 17.4 Å². The lowest BCUT2D eigenvalue weighted by Gasteiger charge is -2.31. The standard InChI is InChI=1S/C22H26N6O4/c1-30-18-5-4-16(14-19(18)31-2)15-23-22(29)27-12-8-17(9-13-27)32-21-7-6-20(25-26-21)28-11-3-10-24-28/h3-7,10-11,14,17H,8-9,12-13,15H2,1-2H3,(H,23,29). The van der Waals surface area contributed by atoms with E-state index in [9.17, 15) is 4.79 Å². The zero-order valence-corrected chi connectivity index (χ0v) is 18.1. The summed E-state index contributed by atoms with van der Waals surface area (Å²) in [6, 6.07) is 10.9. The van der Waals surface area contributed by atoms with Crippen molar-refractivity contribution in [3.8, 4) is 23.2 Å². The number of amides is 2. The van der Waals surface area contributed by atoms with Gasteiger partial charge in [-0.25, -0.2) is 9.48 Å². The summed E-state index contributed by atoms with van der Waals surface area (Å²) in [6.45, 7) is 1.64. The predicted molar refractivity (Wildman–Crippen MR) is 116 cm³/mol. The third-order valence-corrected chi connectivity index (χ3v) is 5.27. The number of benzene rings is 1. The van der Waals surface area contributed by atoms with E-state index in [1.807, 2.05) is 30.3 Å². The van der Waals surface area contributed by atoms with E-state index in [2.05, 4.69) is 20.6 Å². The van der Waals surface area contributed by atoms with Crippen LogP contribution < -0.4 is 19.5 Å². The van der Waals surface area contributed by atoms with E-state index in [1.165, 1.54) is 0 Å². The van der Waals surface area contributed by atoms with Crippen LogP contribution in [-0.2, 0) is 6.54 Å². The van der Waals surface area contributed by atoms with Crippen molar-refractivity contribution in [1.29, 1.82) is 0 Å². The van der Waals surface area contributed by atoms with Crippen LogP contribution in [0.2, 0.25) is 0 Å². The molecule has 10 nitrogen and oxygen atoms in total. The summed E-state index contributed by atoms with van der Waals surface area (Å²) < 4.78 is 18.1. The van der Waals surface area contributed by atoms with E-state index < -0.39 is 0 Å². The number of urea groups is 1. The van der Waals surface area contributed by atoms with Crippen LogP contribution in [0.15, 0.2) is 48.8 Å². The van der Waals surface area contributed by atoms with Crippen LogP contribution in [0.3, 0.4) is 0 Å². The molecule has 32 heavy (non-hydrogen) atoms. The van der Waals surface area contributed by atoms with E-state index in [-0.39, 0.29) is 12.1 Å². The highest BCUT2D eigenvalue weighted by atomic mass is 16.5. The van der Waals surface area contributed by atoms with Gasteiger partial charge in [0.25, 0.3) is 0 Å². The Bertz CT molecular complexity index is 1020. The first-order valence-electron chi connectivity index (χ1n) is 10.4. The largest absolute Gasteiger partial charge is 0.493 e. The summed E-state index contributed by atoms with van der Waals surface area (Å²) in [7, 11) is 3.18. The zero-order valence-electron chi connectivity index (χ0n) is 18.1. The number of nitrogens with zero attached hydrogens (tertiary/aromatic N) is 5. The minimum atomic E-state index is -0.0957. The van der Waals surface area contributed by atoms with Crippen molar-refractivity contribution in [2.45, 2.75) is 25.5 Å². The van der Waals surface area contributed by atoms with Crippen LogP contribution in [-0.4, -0.2) is 64.3 Å². The Morgan fingerprint density at radius 1 is 1.09 bits per heavy atom. The molecule has 0 atom stereocenters. The number of likely N-dealkylation sites (tertiary alicyclic amines) is 1. The lowest BCUT2D eigenvalue weighted by molar-refractivity contribution is 0.106. The Morgan fingerprint density at radius 2 is 1.91 bits per heavy atom. The van der Waals surface area contributed by atoms with Gasteiger partial charge < -0.3 is 24.4 Å². The number of hydrogen-bond acceptors (Lipinski definition) is 7. The van der Waals surface area contributed by atoms with Gasteiger partial charge in [0.05, 0.1) is 14.2 Å². The van der Waals surface area contributed by atoms with Crippen LogP contribution >= 0.6 is 0 Å². The molecule has 0 saturated carbocycles. The summed E-state index contributed by atoms with van der Waals surface area (Å²) in [5.74, 6) is 2.39. The first-order valence-corrected chi connectivity index (χ1v) is 10.4. The third-order valence-electron chi connectivity index (χ3n) is 5.27. The number of carbonyl (C=O) groups is 1. The highest BCUT2D eigenvalue weighted by Gasteiger charge is 2.24. The molecule has 10 heteroatoms. The Balaban J connectivity index is 1.23. The summed E-state index contributed by atoms with van der Waals surface area (Å²) in [6.07, 6.45) is 4.94. The number of hydrogen-bond donors (Lipinski definition) is 1. The summed E-state index contributed by atoms with van der Waals surface area (Å²) in [4.78, 5) is 14.4. The van der Waals surface area contributed by atoms with Crippen molar-refractivity contribution in [2.75, 3.05) is 27.3 Å². The van der Waals surface area contributed by atoms with Gasteiger partial charge in [-0.3, -0.25) is 0 Å². The fourth-order valence-electron chi connectivity index (χ4n) is 3.53. The molecule has 0 radical (unpaired) electrons. The predicted octanol–water partition coefficient (Wildman–Crippen LogP) is 2.43. The molecule has 2 aromatic heterocycles. The smallest absolute Gasteiger partial charge is 0.317 e. The number of ether oxygens (including phenoxy) is 3. The molecule has 4 rings (SSSR count). The van der Waals surface area contributed by atoms with Crippen LogP contribution in [0.25, 0.3) is 5.82 Å². The molecule has 1 fully saturated rings. The monoisotopic (exact) mass is 438 g/mol. The van der Waals surface area contributed by atoms with Gasteiger partial charge in [-0.15, -0.1) is 10.2 Å². The molecule has 1 aliphatic heterocycles. The highest BCUT2D eigenvalue weighted by molar-refractivity contribution is 5.74. The van der Waals surface area contributed by atoms with Gasteiger partial charge in [0.1, 0.15) is 6.10 Å². The second-order valence-electron chi connectivity index (χ2n) is 7.33. The SMILES string of the molecule is COc1ccc(CNC(=O)N2CCC(Oc3ccc(-n4cccn4)nn3)CC2)cc1OC. The molecule has 3 aromatic rings. The van der Waals surface area contributed by atoms with Gasteiger partial charge >= 0.3 is 6.03 Å². The molecule has 0 bridgehead atoms. The maximum absolute atomic E-state index is 12.6. The highest BCUT2D eigenvalue weighted by Crippen LogP contribution is 2.27. The zero-order chi connectivity index (χ0) is 22.3. The molecule has 0 aliphatic carbocycles. The molecule has 1 N–H and O–H groups in total. The van der Waals surface area contributed by atoms with Gasteiger partial charge in [0.2, 0.25) is 5.88 Å². The Kier molecular flexibility index (Phi) is 6.69. The van der Waals surface area contributed by atoms with E-state index >= 15 is 0 Å². The maximum Gasteiger partial charge on any atom is 0.317 e. The van der Waals surface area contributed by atoms with Gasteiger partial charge in [0, 0.05) is 50.9 Å². The van der Waals surface area contributed by atoms with Crippen LogP contribution in [0.1, 0.15) is 18.4 Å². The van der Waals surface area contributed by atoms with E-state index in [0.717, 1.165) is 18.4 Å². The van der Waals surface area contributed by atoms with Crippen molar-refractivity contribution in [1.82, 2.24) is 30.2 Å². The number of nitrogens with one attached hydrogen (secondary N) is 1. The minimum absolute atomic E-state index is 0.00486. The molecular formula is C22H26N6O4. The summed E-state index contributed by atoms with van der Waals surface area (Å²) in [5.41, 5.74) is 0.936. The van der Waals surface area contributed by atoms with Crippen molar-refractivity contribution < 1.29 is 19.0 Å². The van der Waals surface area contributed by atoms with Crippen LogP contribution in [0.4, 0.5) is 4.79 Å². The normalized spacial score (nSPS) is 14.1. The van der Waals surface area contributed by atoms with Crippen molar-refractivity contribution in [2.24, 2.45) is 0 Å². The van der Waals surface area contributed by atoms with Gasteiger partial charge in [0.15, 0.2) is 17.3 Å². The second kappa shape index (κ2) is 9.99. The average Bonchev–Trinajstić information content (AvgIpc) is 3.38. The topological polar surface area (TPSA) is 104 Å². The molecule has 0 unspecified atom stereocenters. The van der Waals surface area contributed by atoms with Gasteiger partial charge in [-0.1, -0.05) is 6.07 Å². The number of rotatable bonds is 7. The van der Waals surface area contributed by atoms with E-state index in [0.29, 0.717) is 42.8 Å². The fourth-order valence-corrected chi connectivity index (χ4v) is 3.53. The molecule has 1 saturated heterocycles. The Hall–Kier alpha value is -3.82. The molecule has 0 spiro atoms. The summed E-state index contributed by atoms with van der Waals surface area (Å²) >= 11 is 0. The molecule has 3 heterocycles. The fraction of sp³-hybridized carbons (Fsp3) is 0.364. The lowest BCUT2D eigenvalue weighted by Crippen LogP contribution is -2.46. The molecule has 1 aromatic carbocycles. The average molecular weight is 438 g/mol. The third kappa shape index (κ3) is 5.08. The van der Waals surface area contributed by atoms with Crippen molar-refractivity contribution >= 4 is 6.03 Å². The first-order chi connectivity index (χ1) is 15.7.